The Morgan fingerprint density at radius 2 is 1.54 bits per heavy atom. The van der Waals surface area contributed by atoms with Crippen molar-refractivity contribution < 1.29 is 65.1 Å². The molecule has 0 radical (unpaired) electrons. The average molecular weight is 624 g/mol. The molecule has 0 rings (SSSR count). The molecule has 0 fully saturated rings. The predicted octanol–water partition coefficient (Wildman–Crippen LogP) is -1.16. The van der Waals surface area contributed by atoms with E-state index in [1.165, 1.54) is 28.3 Å². The number of carbonyl (C=O) groups excluding carboxylic acids is 3. The van der Waals surface area contributed by atoms with Crippen LogP contribution >= 0.6 is 11.8 Å². The maximum atomic E-state index is 12.2. The zero-order valence-electron chi connectivity index (χ0n) is 22.8. The summed E-state index contributed by atoms with van der Waals surface area (Å²) >= 11 is 1.11. The summed E-state index contributed by atoms with van der Waals surface area (Å²) in [6, 6.07) is 0.533. The Labute approximate surface area is 234 Å². The maximum Gasteiger partial charge on any atom is 0.500 e. The summed E-state index contributed by atoms with van der Waals surface area (Å²) in [5.74, 6) is -3.42. The number of nitrogens with one attached hydrogen (secondary N) is 1. The molecule has 4 unspecified atom stereocenters. The van der Waals surface area contributed by atoms with Crippen molar-refractivity contribution in [3.63, 3.8) is 0 Å². The van der Waals surface area contributed by atoms with E-state index in [2.05, 4.69) is 5.32 Å². The van der Waals surface area contributed by atoms with Gasteiger partial charge in [-0.25, -0.2) is 0 Å². The van der Waals surface area contributed by atoms with E-state index in [4.69, 9.17) is 32.0 Å². The number of hydrogen-bond acceptors (Lipinski definition) is 14. The Morgan fingerprint density at radius 3 is 2.10 bits per heavy atom. The number of thioether (sulfide) groups is 1. The topological polar surface area (TPSA) is 213 Å². The zero-order valence-corrected chi connectivity index (χ0v) is 25.5. The lowest BCUT2D eigenvalue weighted by Crippen LogP contribution is -2.42. The molecule has 0 heterocycles. The largest absolute Gasteiger partial charge is 0.500 e. The van der Waals surface area contributed by atoms with Gasteiger partial charge in [0.15, 0.2) is 0 Å². The third-order valence-corrected chi connectivity index (χ3v) is 10.1. The quantitative estimate of drug-likeness (QED) is 0.0484. The SMILES string of the molecule is CO[Si](CCCOCC(O)COC(=O)CNC(=O)C(C)SCC(C)C(=O)OCC(O)CS(=O)(=O)O)(OC)OC. The van der Waals surface area contributed by atoms with Crippen LogP contribution in [0.15, 0.2) is 0 Å². The van der Waals surface area contributed by atoms with Gasteiger partial charge in [0.1, 0.15) is 37.7 Å². The number of rotatable bonds is 22. The number of carbonyl (C=O) groups is 3. The first-order valence-electron chi connectivity index (χ1n) is 11.9. The smallest absolute Gasteiger partial charge is 0.463 e. The molecule has 15 nitrogen and oxygen atoms in total. The summed E-state index contributed by atoms with van der Waals surface area (Å²) in [5, 5.41) is 21.1. The molecule has 39 heavy (non-hydrogen) atoms. The van der Waals surface area contributed by atoms with E-state index in [1.807, 2.05) is 0 Å². The summed E-state index contributed by atoms with van der Waals surface area (Å²) in [5.41, 5.74) is 0. The van der Waals surface area contributed by atoms with Crippen LogP contribution in [-0.4, -0.2) is 133 Å². The van der Waals surface area contributed by atoms with E-state index in [9.17, 15) is 33.0 Å². The van der Waals surface area contributed by atoms with Crippen LogP contribution < -0.4 is 5.32 Å². The van der Waals surface area contributed by atoms with Crippen LogP contribution in [-0.2, 0) is 52.0 Å². The lowest BCUT2D eigenvalue weighted by Gasteiger charge is -2.24. The second-order valence-electron chi connectivity index (χ2n) is 8.44. The molecule has 1 amide bonds. The van der Waals surface area contributed by atoms with Crippen LogP contribution in [0.5, 0.6) is 0 Å². The molecule has 0 spiro atoms. The van der Waals surface area contributed by atoms with Gasteiger partial charge in [-0.2, -0.15) is 8.42 Å². The van der Waals surface area contributed by atoms with Crippen LogP contribution in [0.4, 0.5) is 0 Å². The molecule has 0 aromatic rings. The molecule has 0 aliphatic carbocycles. The van der Waals surface area contributed by atoms with E-state index in [0.29, 0.717) is 19.1 Å². The first-order chi connectivity index (χ1) is 18.2. The minimum atomic E-state index is -4.41. The van der Waals surface area contributed by atoms with Gasteiger partial charge in [0, 0.05) is 39.7 Å². The number of aliphatic hydroxyl groups is 2. The highest BCUT2D eigenvalue weighted by atomic mass is 32.2. The highest BCUT2D eigenvalue weighted by Gasteiger charge is 2.36. The molecule has 4 N–H and O–H groups in total. The minimum absolute atomic E-state index is 0.0606. The van der Waals surface area contributed by atoms with Crippen molar-refractivity contribution >= 4 is 48.5 Å². The van der Waals surface area contributed by atoms with E-state index in [1.54, 1.807) is 6.92 Å². The fourth-order valence-corrected chi connectivity index (χ4v) is 6.02. The van der Waals surface area contributed by atoms with E-state index in [0.717, 1.165) is 11.8 Å². The van der Waals surface area contributed by atoms with Crippen LogP contribution in [0, 0.1) is 5.92 Å². The van der Waals surface area contributed by atoms with E-state index in [-0.39, 0.29) is 19.0 Å². The van der Waals surface area contributed by atoms with Crippen molar-refractivity contribution in [1.29, 1.82) is 0 Å². The summed E-state index contributed by atoms with van der Waals surface area (Å²) < 4.78 is 61.0. The monoisotopic (exact) mass is 623 g/mol. The van der Waals surface area contributed by atoms with Gasteiger partial charge in [0.2, 0.25) is 5.91 Å². The van der Waals surface area contributed by atoms with Gasteiger partial charge in [-0.15, -0.1) is 11.8 Å². The van der Waals surface area contributed by atoms with Gasteiger partial charge in [0.05, 0.1) is 17.8 Å². The second-order valence-corrected chi connectivity index (χ2v) is 14.4. The third kappa shape index (κ3) is 17.8. The van der Waals surface area contributed by atoms with Gasteiger partial charge in [-0.3, -0.25) is 18.9 Å². The Kier molecular flexibility index (Phi) is 19.0. The average Bonchev–Trinajstić information content (AvgIpc) is 2.88. The van der Waals surface area contributed by atoms with Gasteiger partial charge in [-0.05, 0) is 13.3 Å². The van der Waals surface area contributed by atoms with E-state index >= 15 is 0 Å². The summed E-state index contributed by atoms with van der Waals surface area (Å²) in [4.78, 5) is 36.0. The van der Waals surface area contributed by atoms with Crippen molar-refractivity contribution in [1.82, 2.24) is 5.32 Å². The zero-order chi connectivity index (χ0) is 30.1. The summed E-state index contributed by atoms with van der Waals surface area (Å²) in [7, 11) is -2.56. The van der Waals surface area contributed by atoms with Gasteiger partial charge >= 0.3 is 20.7 Å². The van der Waals surface area contributed by atoms with Crippen LogP contribution in [0.1, 0.15) is 20.3 Å². The number of amides is 1. The molecule has 230 valence electrons. The van der Waals surface area contributed by atoms with Crippen LogP contribution in [0.3, 0.4) is 0 Å². The highest BCUT2D eigenvalue weighted by Crippen LogP contribution is 2.17. The Bertz CT molecular complexity index is 834. The molecule has 4 atom stereocenters. The van der Waals surface area contributed by atoms with Gasteiger partial charge in [0.25, 0.3) is 10.1 Å². The lowest BCUT2D eigenvalue weighted by atomic mass is 10.2. The first kappa shape index (κ1) is 37.6. The highest BCUT2D eigenvalue weighted by molar-refractivity contribution is 8.00. The third-order valence-electron chi connectivity index (χ3n) is 5.05. The van der Waals surface area contributed by atoms with Gasteiger partial charge < -0.3 is 43.0 Å². The number of aliphatic hydroxyl groups excluding tert-OH is 2. The molecule has 0 aromatic carbocycles. The second kappa shape index (κ2) is 19.7. The van der Waals surface area contributed by atoms with Crippen molar-refractivity contribution in [3.8, 4) is 0 Å². The standard InChI is InChI=1S/C21H41NO14S2Si/c1-15(21(27)36-12-18(24)14-38(28,29)30)13-37-16(2)20(26)22-9-19(25)35-11-17(23)10-34-7-6-8-39(31-3,32-4)33-5/h15-18,23-24H,6-14H2,1-5H3,(H,22,26)(H,28,29,30). The first-order valence-corrected chi connectivity index (χ1v) is 16.5. The summed E-state index contributed by atoms with van der Waals surface area (Å²) in [6.07, 6.45) is -2.04. The van der Waals surface area contributed by atoms with Crippen molar-refractivity contribution in [2.75, 3.05) is 65.8 Å². The molecule has 18 heteroatoms. The Balaban J connectivity index is 4.11. The lowest BCUT2D eigenvalue weighted by molar-refractivity contribution is -0.149. The summed E-state index contributed by atoms with van der Waals surface area (Å²) in [6.45, 7) is 2.01. The number of esters is 2. The van der Waals surface area contributed by atoms with Crippen LogP contribution in [0.2, 0.25) is 6.04 Å². The van der Waals surface area contributed by atoms with Crippen molar-refractivity contribution in [2.45, 2.75) is 43.8 Å². The predicted molar refractivity (Wildman–Crippen MR) is 141 cm³/mol. The molecular formula is C21H41NO14S2Si. The normalized spacial score (nSPS) is 15.2. The maximum absolute atomic E-state index is 12.2. The van der Waals surface area contributed by atoms with Gasteiger partial charge in [-0.1, -0.05) is 6.92 Å². The van der Waals surface area contributed by atoms with Crippen LogP contribution in [0.25, 0.3) is 0 Å². The van der Waals surface area contributed by atoms with E-state index < -0.39 is 79.0 Å². The fraction of sp³-hybridized carbons (Fsp3) is 0.857. The molecule has 0 aromatic heterocycles. The molecule has 0 saturated heterocycles. The number of ether oxygens (including phenoxy) is 3. The Hall–Kier alpha value is -1.35. The molecule has 0 saturated carbocycles. The molecule has 0 aliphatic rings. The van der Waals surface area contributed by atoms with Crippen molar-refractivity contribution in [2.24, 2.45) is 5.92 Å². The molecule has 0 aliphatic heterocycles. The number of hydrogen-bond donors (Lipinski definition) is 4. The fourth-order valence-electron chi connectivity index (χ4n) is 2.80. The minimum Gasteiger partial charge on any atom is -0.463 e. The van der Waals surface area contributed by atoms with Crippen molar-refractivity contribution in [3.05, 3.63) is 0 Å². The molecule has 0 bridgehead atoms. The Morgan fingerprint density at radius 1 is 0.949 bits per heavy atom. The molecular weight excluding hydrogens is 582 g/mol.